The number of hydrogen-bond acceptors (Lipinski definition) is 6. The molecular formula is C21H25NO6. The highest BCUT2D eigenvalue weighted by Gasteiger charge is 2.21. The number of methoxy groups -OCH3 is 1. The first kappa shape index (κ1) is 21.1. The number of para-hydroxylation sites is 2. The number of benzene rings is 2. The van der Waals surface area contributed by atoms with E-state index in [0.717, 1.165) is 0 Å². The van der Waals surface area contributed by atoms with Gasteiger partial charge < -0.3 is 24.3 Å². The number of ether oxygens (including phenoxy) is 4. The van der Waals surface area contributed by atoms with E-state index in [1.807, 2.05) is 13.8 Å². The highest BCUT2D eigenvalue weighted by molar-refractivity contribution is 5.98. The van der Waals surface area contributed by atoms with E-state index >= 15 is 0 Å². The van der Waals surface area contributed by atoms with Gasteiger partial charge >= 0.3 is 5.97 Å². The van der Waals surface area contributed by atoms with Crippen LogP contribution in [0, 0.1) is 0 Å². The molecule has 0 saturated carbocycles. The van der Waals surface area contributed by atoms with Crippen molar-refractivity contribution >= 4 is 17.6 Å². The van der Waals surface area contributed by atoms with Gasteiger partial charge in [0.2, 0.25) is 0 Å². The minimum atomic E-state index is -1.00. The zero-order valence-corrected chi connectivity index (χ0v) is 16.5. The van der Waals surface area contributed by atoms with Gasteiger partial charge in [0.15, 0.2) is 17.6 Å². The molecule has 2 rings (SSSR count). The van der Waals surface area contributed by atoms with E-state index in [1.54, 1.807) is 42.5 Å². The van der Waals surface area contributed by atoms with Gasteiger partial charge in [-0.1, -0.05) is 12.1 Å². The minimum absolute atomic E-state index is 0.267. The van der Waals surface area contributed by atoms with Crippen LogP contribution in [-0.4, -0.2) is 38.3 Å². The molecule has 0 aliphatic rings. The first-order valence-electron chi connectivity index (χ1n) is 9.04. The van der Waals surface area contributed by atoms with Gasteiger partial charge in [-0.3, -0.25) is 4.79 Å². The third kappa shape index (κ3) is 5.39. The first-order chi connectivity index (χ1) is 13.5. The van der Waals surface area contributed by atoms with Crippen LogP contribution in [-0.2, 0) is 9.53 Å². The quantitative estimate of drug-likeness (QED) is 0.661. The molecule has 1 amide bonds. The standard InChI is InChI=1S/C21H25NO6/c1-5-26-18-12-11-15(13-19(18)27-6-2)21(24)28-14(3)20(23)22-16-9-7-8-10-17(16)25-4/h7-14H,5-6H2,1-4H3,(H,22,23)/t14-/m0/s1. The number of rotatable bonds is 9. The molecule has 0 radical (unpaired) electrons. The van der Waals surface area contributed by atoms with Crippen molar-refractivity contribution in [2.24, 2.45) is 0 Å². The van der Waals surface area contributed by atoms with Crippen LogP contribution in [0.1, 0.15) is 31.1 Å². The van der Waals surface area contributed by atoms with E-state index in [4.69, 9.17) is 18.9 Å². The molecule has 0 aliphatic carbocycles. The van der Waals surface area contributed by atoms with Gasteiger partial charge in [-0.05, 0) is 51.1 Å². The molecule has 0 unspecified atom stereocenters. The number of nitrogens with one attached hydrogen (secondary N) is 1. The molecule has 0 heterocycles. The molecule has 150 valence electrons. The summed E-state index contributed by atoms with van der Waals surface area (Å²) in [7, 11) is 1.51. The topological polar surface area (TPSA) is 83.1 Å². The van der Waals surface area contributed by atoms with Gasteiger partial charge in [0.1, 0.15) is 5.75 Å². The summed E-state index contributed by atoms with van der Waals surface area (Å²) < 4.78 is 21.5. The van der Waals surface area contributed by atoms with E-state index in [9.17, 15) is 9.59 Å². The van der Waals surface area contributed by atoms with Crippen molar-refractivity contribution in [1.29, 1.82) is 0 Å². The molecule has 7 nitrogen and oxygen atoms in total. The molecule has 0 spiro atoms. The molecule has 1 atom stereocenters. The Morgan fingerprint density at radius 1 is 0.964 bits per heavy atom. The summed E-state index contributed by atoms with van der Waals surface area (Å²) >= 11 is 0. The fraction of sp³-hybridized carbons (Fsp3) is 0.333. The third-order valence-corrected chi connectivity index (χ3v) is 3.80. The maximum atomic E-state index is 12.4. The van der Waals surface area contributed by atoms with Crippen molar-refractivity contribution in [3.63, 3.8) is 0 Å². The van der Waals surface area contributed by atoms with E-state index < -0.39 is 18.0 Å². The van der Waals surface area contributed by atoms with Crippen LogP contribution in [0.3, 0.4) is 0 Å². The number of carbonyl (C=O) groups excluding carboxylic acids is 2. The largest absolute Gasteiger partial charge is 0.495 e. The highest BCUT2D eigenvalue weighted by Crippen LogP contribution is 2.29. The Morgan fingerprint density at radius 2 is 1.64 bits per heavy atom. The smallest absolute Gasteiger partial charge is 0.339 e. The van der Waals surface area contributed by atoms with Crippen LogP contribution in [0.5, 0.6) is 17.2 Å². The lowest BCUT2D eigenvalue weighted by atomic mass is 10.2. The zero-order chi connectivity index (χ0) is 20.5. The summed E-state index contributed by atoms with van der Waals surface area (Å²) in [5.74, 6) is 0.413. The summed E-state index contributed by atoms with van der Waals surface area (Å²) in [5.41, 5.74) is 0.765. The highest BCUT2D eigenvalue weighted by atomic mass is 16.5. The van der Waals surface area contributed by atoms with Crippen LogP contribution >= 0.6 is 0 Å². The fourth-order valence-corrected chi connectivity index (χ4v) is 2.44. The Labute approximate surface area is 164 Å². The number of anilines is 1. The lowest BCUT2D eigenvalue weighted by molar-refractivity contribution is -0.123. The van der Waals surface area contributed by atoms with Crippen molar-refractivity contribution in [2.75, 3.05) is 25.6 Å². The average Bonchev–Trinajstić information content (AvgIpc) is 2.69. The second-order valence-electron chi connectivity index (χ2n) is 5.76. The Bertz CT molecular complexity index is 820. The van der Waals surface area contributed by atoms with Gasteiger partial charge in [-0.2, -0.15) is 0 Å². The van der Waals surface area contributed by atoms with Crippen molar-refractivity contribution in [2.45, 2.75) is 26.9 Å². The summed E-state index contributed by atoms with van der Waals surface area (Å²) in [4.78, 5) is 24.8. The van der Waals surface area contributed by atoms with Crippen LogP contribution in [0.15, 0.2) is 42.5 Å². The van der Waals surface area contributed by atoms with Crippen LogP contribution in [0.25, 0.3) is 0 Å². The molecule has 0 saturated heterocycles. The van der Waals surface area contributed by atoms with Gasteiger partial charge in [0.05, 0.1) is 31.6 Å². The van der Waals surface area contributed by atoms with Crippen molar-refractivity contribution in [3.8, 4) is 17.2 Å². The average molecular weight is 387 g/mol. The number of esters is 1. The number of carbonyl (C=O) groups is 2. The third-order valence-electron chi connectivity index (χ3n) is 3.80. The molecule has 0 aromatic heterocycles. The molecule has 2 aromatic rings. The van der Waals surface area contributed by atoms with Crippen LogP contribution in [0.4, 0.5) is 5.69 Å². The van der Waals surface area contributed by atoms with Gasteiger partial charge in [-0.15, -0.1) is 0 Å². The monoisotopic (exact) mass is 387 g/mol. The van der Waals surface area contributed by atoms with Gasteiger partial charge in [0, 0.05) is 0 Å². The Hall–Kier alpha value is -3.22. The van der Waals surface area contributed by atoms with Gasteiger partial charge in [-0.25, -0.2) is 4.79 Å². The lowest BCUT2D eigenvalue weighted by Crippen LogP contribution is -2.30. The zero-order valence-electron chi connectivity index (χ0n) is 16.5. The molecule has 28 heavy (non-hydrogen) atoms. The summed E-state index contributed by atoms with van der Waals surface area (Å²) in [6.07, 6.45) is -1.00. The Morgan fingerprint density at radius 3 is 2.32 bits per heavy atom. The summed E-state index contributed by atoms with van der Waals surface area (Å²) in [6.45, 7) is 6.10. The molecule has 0 bridgehead atoms. The summed E-state index contributed by atoms with van der Waals surface area (Å²) in [6, 6.07) is 11.7. The Balaban J connectivity index is 2.06. The maximum absolute atomic E-state index is 12.4. The van der Waals surface area contributed by atoms with Crippen molar-refractivity contribution < 1.29 is 28.5 Å². The van der Waals surface area contributed by atoms with E-state index in [0.29, 0.717) is 36.1 Å². The molecular weight excluding hydrogens is 362 g/mol. The van der Waals surface area contributed by atoms with Crippen LogP contribution in [0.2, 0.25) is 0 Å². The first-order valence-corrected chi connectivity index (χ1v) is 9.04. The second kappa shape index (κ2) is 10.2. The number of amides is 1. The normalized spacial score (nSPS) is 11.3. The molecule has 0 fully saturated rings. The molecule has 1 N–H and O–H groups in total. The van der Waals surface area contributed by atoms with Gasteiger partial charge in [0.25, 0.3) is 5.91 Å². The van der Waals surface area contributed by atoms with E-state index in [2.05, 4.69) is 5.32 Å². The number of hydrogen-bond donors (Lipinski definition) is 1. The SMILES string of the molecule is CCOc1ccc(C(=O)O[C@@H](C)C(=O)Nc2ccccc2OC)cc1OCC. The molecule has 0 aliphatic heterocycles. The molecule has 7 heteroatoms. The Kier molecular flexibility index (Phi) is 7.68. The minimum Gasteiger partial charge on any atom is -0.495 e. The predicted molar refractivity (Wildman–Crippen MR) is 105 cm³/mol. The predicted octanol–water partition coefficient (Wildman–Crippen LogP) is 3.68. The van der Waals surface area contributed by atoms with E-state index in [1.165, 1.54) is 14.0 Å². The fourth-order valence-electron chi connectivity index (χ4n) is 2.44. The van der Waals surface area contributed by atoms with Crippen LogP contribution < -0.4 is 19.5 Å². The summed E-state index contributed by atoms with van der Waals surface area (Å²) in [5, 5.41) is 2.69. The van der Waals surface area contributed by atoms with E-state index in [-0.39, 0.29) is 5.56 Å². The maximum Gasteiger partial charge on any atom is 0.339 e. The molecule has 2 aromatic carbocycles. The lowest BCUT2D eigenvalue weighted by Gasteiger charge is -2.16. The van der Waals surface area contributed by atoms with Crippen molar-refractivity contribution in [3.05, 3.63) is 48.0 Å². The van der Waals surface area contributed by atoms with Crippen molar-refractivity contribution in [1.82, 2.24) is 0 Å². The second-order valence-corrected chi connectivity index (χ2v) is 5.76.